The summed E-state index contributed by atoms with van der Waals surface area (Å²) >= 11 is 0. The number of hydrogen-bond donors (Lipinski definition) is 1. The number of terminal acetylenes is 1. The Balaban J connectivity index is 2.16. The van der Waals surface area contributed by atoms with Crippen LogP contribution in [0.1, 0.15) is 21.5 Å². The molecule has 0 saturated carbocycles. The quantitative estimate of drug-likeness (QED) is 0.795. The monoisotopic (exact) mass is 235 g/mol. The van der Waals surface area contributed by atoms with Crippen molar-refractivity contribution in [3.05, 3.63) is 65.2 Å². The van der Waals surface area contributed by atoms with Gasteiger partial charge in [0.05, 0.1) is 0 Å². The highest BCUT2D eigenvalue weighted by molar-refractivity contribution is 6.04. The Labute approximate surface area is 107 Å². The van der Waals surface area contributed by atoms with Crippen LogP contribution in [-0.2, 0) is 0 Å². The molecule has 0 atom stereocenters. The van der Waals surface area contributed by atoms with Crippen LogP contribution in [0.15, 0.2) is 48.5 Å². The first-order valence-corrected chi connectivity index (χ1v) is 5.64. The molecule has 1 N–H and O–H groups in total. The predicted octanol–water partition coefficient (Wildman–Crippen LogP) is 3.23. The number of carbonyl (C=O) groups excluding carboxylic acids is 1. The molecular formula is C16H13NO. The van der Waals surface area contributed by atoms with E-state index in [0.717, 1.165) is 11.1 Å². The molecule has 18 heavy (non-hydrogen) atoms. The number of hydrogen-bond acceptors (Lipinski definition) is 1. The Morgan fingerprint density at radius 3 is 2.56 bits per heavy atom. The van der Waals surface area contributed by atoms with Gasteiger partial charge < -0.3 is 5.32 Å². The molecule has 0 aliphatic carbocycles. The molecule has 0 heterocycles. The third-order valence-corrected chi connectivity index (χ3v) is 2.60. The van der Waals surface area contributed by atoms with Crippen molar-refractivity contribution in [3.8, 4) is 12.3 Å². The van der Waals surface area contributed by atoms with Gasteiger partial charge in [0.25, 0.3) is 5.91 Å². The van der Waals surface area contributed by atoms with Crippen LogP contribution in [0, 0.1) is 19.3 Å². The highest BCUT2D eigenvalue weighted by atomic mass is 16.1. The second-order valence-electron chi connectivity index (χ2n) is 4.05. The first kappa shape index (κ1) is 11.9. The Morgan fingerprint density at radius 2 is 1.89 bits per heavy atom. The van der Waals surface area contributed by atoms with E-state index in [1.807, 2.05) is 37.3 Å². The zero-order valence-corrected chi connectivity index (χ0v) is 10.1. The van der Waals surface area contributed by atoms with Gasteiger partial charge in [-0.2, -0.15) is 0 Å². The minimum Gasteiger partial charge on any atom is -0.322 e. The second kappa shape index (κ2) is 5.20. The number of aryl methyl sites for hydroxylation is 1. The summed E-state index contributed by atoms with van der Waals surface area (Å²) in [5.41, 5.74) is 3.21. The lowest BCUT2D eigenvalue weighted by Gasteiger charge is -2.05. The number of nitrogens with one attached hydrogen (secondary N) is 1. The SMILES string of the molecule is C#Cc1cccc(NC(=O)c2ccc(C)cc2)c1. The molecule has 0 radical (unpaired) electrons. The molecule has 2 rings (SSSR count). The molecule has 1 amide bonds. The Bertz CT molecular complexity index is 606. The summed E-state index contributed by atoms with van der Waals surface area (Å²) in [6, 6.07) is 14.6. The van der Waals surface area contributed by atoms with Crippen molar-refractivity contribution < 1.29 is 4.79 Å². The Morgan fingerprint density at radius 1 is 1.17 bits per heavy atom. The lowest BCUT2D eigenvalue weighted by atomic mass is 10.1. The lowest BCUT2D eigenvalue weighted by molar-refractivity contribution is 0.102. The van der Waals surface area contributed by atoms with Crippen LogP contribution in [-0.4, -0.2) is 5.91 Å². The van der Waals surface area contributed by atoms with Crippen molar-refractivity contribution >= 4 is 11.6 Å². The fourth-order valence-corrected chi connectivity index (χ4v) is 1.59. The smallest absolute Gasteiger partial charge is 0.255 e. The van der Waals surface area contributed by atoms with E-state index < -0.39 is 0 Å². The van der Waals surface area contributed by atoms with E-state index in [0.29, 0.717) is 11.3 Å². The Kier molecular flexibility index (Phi) is 3.45. The second-order valence-corrected chi connectivity index (χ2v) is 4.05. The van der Waals surface area contributed by atoms with Crippen LogP contribution in [0.2, 0.25) is 0 Å². The molecule has 2 nitrogen and oxygen atoms in total. The molecule has 0 bridgehead atoms. The zero-order chi connectivity index (χ0) is 13.0. The number of rotatable bonds is 2. The molecule has 0 aromatic heterocycles. The van der Waals surface area contributed by atoms with E-state index in [-0.39, 0.29) is 5.91 Å². The summed E-state index contributed by atoms with van der Waals surface area (Å²) in [6.45, 7) is 1.98. The van der Waals surface area contributed by atoms with E-state index in [1.165, 1.54) is 0 Å². The standard InChI is InChI=1S/C16H13NO/c1-3-13-5-4-6-15(11-13)17-16(18)14-9-7-12(2)8-10-14/h1,4-11H,2H3,(H,17,18). The molecule has 0 spiro atoms. The van der Waals surface area contributed by atoms with E-state index >= 15 is 0 Å². The summed E-state index contributed by atoms with van der Waals surface area (Å²) in [7, 11) is 0. The van der Waals surface area contributed by atoms with Gasteiger partial charge in [-0.3, -0.25) is 4.79 Å². The van der Waals surface area contributed by atoms with Gasteiger partial charge in [0, 0.05) is 16.8 Å². The summed E-state index contributed by atoms with van der Waals surface area (Å²) in [6.07, 6.45) is 5.31. The molecule has 0 aliphatic rings. The van der Waals surface area contributed by atoms with Crippen LogP contribution in [0.4, 0.5) is 5.69 Å². The van der Waals surface area contributed by atoms with Crippen LogP contribution < -0.4 is 5.32 Å². The van der Waals surface area contributed by atoms with Gasteiger partial charge in [0.1, 0.15) is 0 Å². The first-order chi connectivity index (χ1) is 8.69. The normalized spacial score (nSPS) is 9.56. The summed E-state index contributed by atoms with van der Waals surface area (Å²) < 4.78 is 0. The molecule has 0 aliphatic heterocycles. The maximum Gasteiger partial charge on any atom is 0.255 e. The lowest BCUT2D eigenvalue weighted by Crippen LogP contribution is -2.11. The maximum absolute atomic E-state index is 12.0. The van der Waals surface area contributed by atoms with Crippen molar-refractivity contribution in [1.82, 2.24) is 0 Å². The van der Waals surface area contributed by atoms with Gasteiger partial charge in [-0.25, -0.2) is 0 Å². The predicted molar refractivity (Wildman–Crippen MR) is 73.5 cm³/mol. The van der Waals surface area contributed by atoms with E-state index in [1.54, 1.807) is 18.2 Å². The summed E-state index contributed by atoms with van der Waals surface area (Å²) in [5, 5.41) is 2.82. The van der Waals surface area contributed by atoms with Crippen molar-refractivity contribution in [2.45, 2.75) is 6.92 Å². The molecule has 2 aromatic carbocycles. The first-order valence-electron chi connectivity index (χ1n) is 5.64. The molecular weight excluding hydrogens is 222 g/mol. The molecule has 88 valence electrons. The topological polar surface area (TPSA) is 29.1 Å². The third-order valence-electron chi connectivity index (χ3n) is 2.60. The van der Waals surface area contributed by atoms with Crippen molar-refractivity contribution in [1.29, 1.82) is 0 Å². The van der Waals surface area contributed by atoms with Crippen molar-refractivity contribution in [3.63, 3.8) is 0 Å². The van der Waals surface area contributed by atoms with Gasteiger partial charge in [-0.15, -0.1) is 6.42 Å². The number of amides is 1. The molecule has 0 fully saturated rings. The Hall–Kier alpha value is -2.53. The fraction of sp³-hybridized carbons (Fsp3) is 0.0625. The van der Waals surface area contributed by atoms with Gasteiger partial charge in [0.15, 0.2) is 0 Å². The molecule has 2 aromatic rings. The fourth-order valence-electron chi connectivity index (χ4n) is 1.59. The van der Waals surface area contributed by atoms with Crippen LogP contribution >= 0.6 is 0 Å². The summed E-state index contributed by atoms with van der Waals surface area (Å²) in [4.78, 5) is 12.0. The van der Waals surface area contributed by atoms with Crippen molar-refractivity contribution in [2.24, 2.45) is 0 Å². The number of benzene rings is 2. The molecule has 0 unspecified atom stereocenters. The van der Waals surface area contributed by atoms with E-state index in [2.05, 4.69) is 11.2 Å². The average Bonchev–Trinajstić information content (AvgIpc) is 2.39. The van der Waals surface area contributed by atoms with Gasteiger partial charge >= 0.3 is 0 Å². The van der Waals surface area contributed by atoms with Crippen LogP contribution in [0.25, 0.3) is 0 Å². The summed E-state index contributed by atoms with van der Waals surface area (Å²) in [5.74, 6) is 2.40. The average molecular weight is 235 g/mol. The minimum absolute atomic E-state index is 0.135. The van der Waals surface area contributed by atoms with Gasteiger partial charge in [-0.05, 0) is 37.3 Å². The molecule has 0 saturated heterocycles. The van der Waals surface area contributed by atoms with Crippen LogP contribution in [0.3, 0.4) is 0 Å². The van der Waals surface area contributed by atoms with E-state index in [9.17, 15) is 4.79 Å². The van der Waals surface area contributed by atoms with E-state index in [4.69, 9.17) is 6.42 Å². The number of carbonyl (C=O) groups is 1. The highest BCUT2D eigenvalue weighted by Gasteiger charge is 2.05. The van der Waals surface area contributed by atoms with Gasteiger partial charge in [-0.1, -0.05) is 29.7 Å². The maximum atomic E-state index is 12.0. The minimum atomic E-state index is -0.135. The zero-order valence-electron chi connectivity index (χ0n) is 10.1. The number of anilines is 1. The van der Waals surface area contributed by atoms with Gasteiger partial charge in [0.2, 0.25) is 0 Å². The highest BCUT2D eigenvalue weighted by Crippen LogP contribution is 2.12. The largest absolute Gasteiger partial charge is 0.322 e. The third kappa shape index (κ3) is 2.78. The molecule has 2 heteroatoms. The van der Waals surface area contributed by atoms with Crippen LogP contribution in [0.5, 0.6) is 0 Å². The van der Waals surface area contributed by atoms with Crippen molar-refractivity contribution in [2.75, 3.05) is 5.32 Å².